The Bertz CT molecular complexity index is 584. The Morgan fingerprint density at radius 2 is 1.89 bits per heavy atom. The summed E-state index contributed by atoms with van der Waals surface area (Å²) in [5, 5.41) is 9.20. The highest BCUT2D eigenvalue weighted by Crippen LogP contribution is 2.26. The van der Waals surface area contributed by atoms with Crippen molar-refractivity contribution in [3.05, 3.63) is 64.2 Å². The highest BCUT2D eigenvalue weighted by Gasteiger charge is 2.03. The molecule has 90 valence electrons. The van der Waals surface area contributed by atoms with Crippen LogP contribution >= 0.6 is 11.6 Å². The number of ether oxygens (including phenoxy) is 1. The van der Waals surface area contributed by atoms with E-state index in [2.05, 4.69) is 0 Å². The van der Waals surface area contributed by atoms with Crippen LogP contribution in [0.2, 0.25) is 5.02 Å². The Kier molecular flexibility index (Phi) is 3.86. The molecule has 0 fully saturated rings. The molecule has 0 N–H and O–H groups in total. The Balaban J connectivity index is 2.06. The van der Waals surface area contributed by atoms with Crippen molar-refractivity contribution in [1.82, 2.24) is 0 Å². The largest absolute Gasteiger partial charge is 0.487 e. The third-order valence-electron chi connectivity index (χ3n) is 2.58. The van der Waals surface area contributed by atoms with Gasteiger partial charge in [0.15, 0.2) is 0 Å². The van der Waals surface area contributed by atoms with Crippen LogP contribution in [0.15, 0.2) is 42.5 Å². The molecule has 0 bridgehead atoms. The van der Waals surface area contributed by atoms with Crippen molar-refractivity contribution in [1.29, 1.82) is 5.26 Å². The molecule has 3 heteroatoms. The van der Waals surface area contributed by atoms with Crippen LogP contribution in [0.5, 0.6) is 5.75 Å². The zero-order valence-electron chi connectivity index (χ0n) is 9.98. The van der Waals surface area contributed by atoms with Crippen LogP contribution in [-0.4, -0.2) is 0 Å². The van der Waals surface area contributed by atoms with Gasteiger partial charge >= 0.3 is 0 Å². The van der Waals surface area contributed by atoms with Crippen LogP contribution in [0, 0.1) is 18.3 Å². The first kappa shape index (κ1) is 12.5. The van der Waals surface area contributed by atoms with E-state index in [-0.39, 0.29) is 0 Å². The molecular formula is C15H12ClNO. The minimum absolute atomic E-state index is 0.459. The molecule has 2 rings (SSSR count). The number of nitrogens with zero attached hydrogens (tertiary/aromatic N) is 1. The maximum absolute atomic E-state index is 8.74. The fourth-order valence-corrected chi connectivity index (χ4v) is 1.77. The molecule has 0 aromatic heterocycles. The Hall–Kier alpha value is -1.98. The average molecular weight is 258 g/mol. The second-order valence-electron chi connectivity index (χ2n) is 4.03. The third kappa shape index (κ3) is 3.03. The van der Waals surface area contributed by atoms with Gasteiger partial charge in [-0.25, -0.2) is 0 Å². The molecule has 0 aliphatic carbocycles. The van der Waals surface area contributed by atoms with E-state index in [1.807, 2.05) is 37.3 Å². The van der Waals surface area contributed by atoms with E-state index in [4.69, 9.17) is 21.6 Å². The van der Waals surface area contributed by atoms with Crippen molar-refractivity contribution in [3.63, 3.8) is 0 Å². The predicted molar refractivity (Wildman–Crippen MR) is 71.7 cm³/mol. The van der Waals surface area contributed by atoms with Crippen molar-refractivity contribution < 1.29 is 4.74 Å². The number of nitriles is 1. The van der Waals surface area contributed by atoms with E-state index in [1.165, 1.54) is 5.56 Å². The molecule has 0 radical (unpaired) electrons. The monoisotopic (exact) mass is 257 g/mol. The minimum atomic E-state index is 0.459. The molecule has 2 aromatic carbocycles. The van der Waals surface area contributed by atoms with Gasteiger partial charge in [-0.1, -0.05) is 41.4 Å². The Morgan fingerprint density at radius 1 is 1.17 bits per heavy atom. The second kappa shape index (κ2) is 5.57. The second-order valence-corrected chi connectivity index (χ2v) is 4.44. The van der Waals surface area contributed by atoms with Crippen LogP contribution in [0.1, 0.15) is 16.7 Å². The minimum Gasteiger partial charge on any atom is -0.487 e. The van der Waals surface area contributed by atoms with Crippen LogP contribution in [0.4, 0.5) is 0 Å². The maximum atomic E-state index is 8.74. The average Bonchev–Trinajstić information content (AvgIpc) is 2.39. The number of halogens is 1. The van der Waals surface area contributed by atoms with Crippen LogP contribution < -0.4 is 4.74 Å². The highest BCUT2D eigenvalue weighted by atomic mass is 35.5. The summed E-state index contributed by atoms with van der Waals surface area (Å²) < 4.78 is 5.62. The summed E-state index contributed by atoms with van der Waals surface area (Å²) in [7, 11) is 0. The van der Waals surface area contributed by atoms with Gasteiger partial charge in [0.25, 0.3) is 0 Å². The number of hydrogen-bond donors (Lipinski definition) is 0. The predicted octanol–water partition coefficient (Wildman–Crippen LogP) is 4.10. The number of hydrogen-bond acceptors (Lipinski definition) is 2. The Morgan fingerprint density at radius 3 is 2.50 bits per heavy atom. The van der Waals surface area contributed by atoms with Crippen LogP contribution in [0.25, 0.3) is 0 Å². The van der Waals surface area contributed by atoms with Gasteiger partial charge in [0, 0.05) is 0 Å². The molecule has 0 aliphatic rings. The summed E-state index contributed by atoms with van der Waals surface area (Å²) in [5.41, 5.74) is 2.83. The van der Waals surface area contributed by atoms with Gasteiger partial charge < -0.3 is 4.74 Å². The number of aryl methyl sites for hydroxylation is 1. The van der Waals surface area contributed by atoms with E-state index in [0.717, 1.165) is 5.56 Å². The van der Waals surface area contributed by atoms with E-state index >= 15 is 0 Å². The lowest BCUT2D eigenvalue weighted by Crippen LogP contribution is -1.96. The summed E-state index contributed by atoms with van der Waals surface area (Å²) in [5.74, 6) is 0.594. The highest BCUT2D eigenvalue weighted by molar-refractivity contribution is 6.32. The SMILES string of the molecule is Cc1ccc(COc2ccc(C#N)cc2Cl)cc1. The van der Waals surface area contributed by atoms with Gasteiger partial charge in [-0.3, -0.25) is 0 Å². The number of benzene rings is 2. The standard InChI is InChI=1S/C15H12ClNO/c1-11-2-4-12(5-3-11)10-18-15-7-6-13(9-17)8-14(15)16/h2-8H,10H2,1H3. The molecule has 2 nitrogen and oxygen atoms in total. The molecule has 0 atom stereocenters. The lowest BCUT2D eigenvalue weighted by molar-refractivity contribution is 0.306. The summed E-state index contributed by atoms with van der Waals surface area (Å²) >= 11 is 6.02. The Labute approximate surface area is 111 Å². The molecule has 0 saturated carbocycles. The van der Waals surface area contributed by atoms with Gasteiger partial charge in [0.05, 0.1) is 16.7 Å². The topological polar surface area (TPSA) is 33.0 Å². The van der Waals surface area contributed by atoms with E-state index < -0.39 is 0 Å². The molecule has 0 heterocycles. The fourth-order valence-electron chi connectivity index (χ4n) is 1.53. The van der Waals surface area contributed by atoms with Crippen LogP contribution in [-0.2, 0) is 6.61 Å². The van der Waals surface area contributed by atoms with E-state index in [9.17, 15) is 0 Å². The normalized spacial score (nSPS) is 9.83. The molecule has 0 unspecified atom stereocenters. The summed E-state index contributed by atoms with van der Waals surface area (Å²) in [6.07, 6.45) is 0. The summed E-state index contributed by atoms with van der Waals surface area (Å²) in [4.78, 5) is 0. The number of rotatable bonds is 3. The first-order valence-corrected chi connectivity index (χ1v) is 5.95. The lowest BCUT2D eigenvalue weighted by atomic mass is 10.2. The first-order valence-electron chi connectivity index (χ1n) is 5.57. The molecule has 18 heavy (non-hydrogen) atoms. The molecule has 2 aromatic rings. The van der Waals surface area contributed by atoms with Gasteiger partial charge in [0.2, 0.25) is 0 Å². The van der Waals surface area contributed by atoms with E-state index in [1.54, 1.807) is 18.2 Å². The summed E-state index contributed by atoms with van der Waals surface area (Å²) in [6.45, 7) is 2.51. The van der Waals surface area contributed by atoms with Gasteiger partial charge in [-0.15, -0.1) is 0 Å². The van der Waals surface area contributed by atoms with Crippen molar-refractivity contribution in [2.24, 2.45) is 0 Å². The molecular weight excluding hydrogens is 246 g/mol. The fraction of sp³-hybridized carbons (Fsp3) is 0.133. The zero-order valence-corrected chi connectivity index (χ0v) is 10.7. The van der Waals surface area contributed by atoms with Crippen molar-refractivity contribution in [2.75, 3.05) is 0 Å². The van der Waals surface area contributed by atoms with Gasteiger partial charge in [-0.05, 0) is 30.7 Å². The third-order valence-corrected chi connectivity index (χ3v) is 2.87. The smallest absolute Gasteiger partial charge is 0.138 e. The summed E-state index contributed by atoms with van der Waals surface area (Å²) in [6, 6.07) is 15.2. The van der Waals surface area contributed by atoms with Gasteiger partial charge in [-0.2, -0.15) is 5.26 Å². The van der Waals surface area contributed by atoms with Crippen LogP contribution in [0.3, 0.4) is 0 Å². The zero-order chi connectivity index (χ0) is 13.0. The molecule has 0 amide bonds. The molecule has 0 saturated heterocycles. The van der Waals surface area contributed by atoms with E-state index in [0.29, 0.717) is 22.9 Å². The maximum Gasteiger partial charge on any atom is 0.138 e. The first-order chi connectivity index (χ1) is 8.69. The molecule has 0 spiro atoms. The lowest BCUT2D eigenvalue weighted by Gasteiger charge is -2.08. The van der Waals surface area contributed by atoms with Gasteiger partial charge in [0.1, 0.15) is 12.4 Å². The van der Waals surface area contributed by atoms with Crippen molar-refractivity contribution in [3.8, 4) is 11.8 Å². The quantitative estimate of drug-likeness (QED) is 0.829. The van der Waals surface area contributed by atoms with Crippen molar-refractivity contribution >= 4 is 11.6 Å². The molecule has 0 aliphatic heterocycles. The van der Waals surface area contributed by atoms with Crippen molar-refractivity contribution in [2.45, 2.75) is 13.5 Å².